The van der Waals surface area contributed by atoms with Crippen molar-refractivity contribution in [2.24, 2.45) is 0 Å². The van der Waals surface area contributed by atoms with E-state index in [1.165, 1.54) is 6.07 Å². The zero-order valence-corrected chi connectivity index (χ0v) is 16.5. The normalized spacial score (nSPS) is 11.5. The van der Waals surface area contributed by atoms with E-state index < -0.39 is 64.7 Å². The molecule has 0 saturated heterocycles. The lowest BCUT2D eigenvalue weighted by atomic mass is 9.99. The second-order valence-electron chi connectivity index (χ2n) is 6.44. The molecule has 0 aromatic heterocycles. The third-order valence-electron chi connectivity index (χ3n) is 3.77. The summed E-state index contributed by atoms with van der Waals surface area (Å²) >= 11 is 0. The molecule has 2 rings (SSSR count). The maximum absolute atomic E-state index is 12.7. The van der Waals surface area contributed by atoms with E-state index in [1.54, 1.807) is 0 Å². The van der Waals surface area contributed by atoms with Gasteiger partial charge in [-0.1, -0.05) is 0 Å². The minimum absolute atomic E-state index is 0.0105. The summed E-state index contributed by atoms with van der Waals surface area (Å²) in [6.07, 6.45) is -9.65. The summed E-state index contributed by atoms with van der Waals surface area (Å²) in [4.78, 5) is 21.7. The number of alkyl halides is 6. The zero-order valence-electron chi connectivity index (χ0n) is 16.5. The van der Waals surface area contributed by atoms with Gasteiger partial charge in [0.05, 0.1) is 4.92 Å². The van der Waals surface area contributed by atoms with Crippen LogP contribution in [0.3, 0.4) is 0 Å². The number of nitrogens with one attached hydrogen (secondary N) is 1. The lowest BCUT2D eigenvalue weighted by Crippen LogP contribution is -2.20. The molecule has 33 heavy (non-hydrogen) atoms. The fourth-order valence-electron chi connectivity index (χ4n) is 2.62. The topological polar surface area (TPSA) is 114 Å². The fourth-order valence-corrected chi connectivity index (χ4v) is 2.62. The smallest absolute Gasteiger partial charge is 0.422 e. The number of carbonyl (C=O) groups is 1. The number of rotatable bonds is 7. The number of amides is 1. The molecule has 8 nitrogen and oxygen atoms in total. The van der Waals surface area contributed by atoms with Crippen molar-refractivity contribution in [2.45, 2.75) is 19.3 Å². The van der Waals surface area contributed by atoms with Crippen LogP contribution in [0.2, 0.25) is 0 Å². The minimum atomic E-state index is -4.86. The molecule has 1 amide bonds. The molecular weight excluding hydrogens is 464 g/mol. The number of nitrogens with zero attached hydrogens (tertiary/aromatic N) is 2. The van der Waals surface area contributed by atoms with Crippen LogP contribution in [0.15, 0.2) is 30.3 Å². The van der Waals surface area contributed by atoms with Crippen LogP contribution in [-0.4, -0.2) is 36.4 Å². The predicted molar refractivity (Wildman–Crippen MR) is 101 cm³/mol. The molecule has 0 aliphatic heterocycles. The molecule has 0 heterocycles. The molecule has 0 fully saturated rings. The van der Waals surface area contributed by atoms with Crippen LogP contribution in [0.25, 0.3) is 11.1 Å². The van der Waals surface area contributed by atoms with Crippen molar-refractivity contribution in [3.63, 3.8) is 0 Å². The van der Waals surface area contributed by atoms with E-state index in [9.17, 15) is 46.5 Å². The minimum Gasteiger partial charge on any atom is -0.483 e. The maximum Gasteiger partial charge on any atom is 0.422 e. The average Bonchev–Trinajstić information content (AvgIpc) is 2.68. The Hall–Kier alpha value is -4.02. The number of ether oxygens (including phenoxy) is 2. The van der Waals surface area contributed by atoms with Crippen molar-refractivity contribution in [1.82, 2.24) is 0 Å². The molecule has 1 N–H and O–H groups in total. The van der Waals surface area contributed by atoms with Gasteiger partial charge in [0.2, 0.25) is 5.91 Å². The van der Waals surface area contributed by atoms with Gasteiger partial charge in [0.25, 0.3) is 5.69 Å². The highest BCUT2D eigenvalue weighted by atomic mass is 19.4. The lowest BCUT2D eigenvalue weighted by molar-refractivity contribution is -0.384. The number of carbonyl (C=O) groups excluding carboxylic acids is 1. The lowest BCUT2D eigenvalue weighted by Gasteiger charge is -2.18. The first-order valence-electron chi connectivity index (χ1n) is 8.74. The van der Waals surface area contributed by atoms with E-state index in [2.05, 4.69) is 5.32 Å². The largest absolute Gasteiger partial charge is 0.483 e. The van der Waals surface area contributed by atoms with Crippen LogP contribution in [0.5, 0.6) is 11.5 Å². The van der Waals surface area contributed by atoms with E-state index in [0.29, 0.717) is 6.07 Å². The molecule has 2 aromatic rings. The van der Waals surface area contributed by atoms with Crippen LogP contribution in [-0.2, 0) is 4.79 Å². The van der Waals surface area contributed by atoms with Gasteiger partial charge in [-0.25, -0.2) is 0 Å². The van der Waals surface area contributed by atoms with E-state index in [0.717, 1.165) is 31.2 Å². The Labute approximate surface area is 181 Å². The SMILES string of the molecule is CC(=O)Nc1ccc(OCC(F)(F)F)c(-c2cc([N+](=O)[O-])cc(C#N)c2OCC(F)(F)F)c1. The first-order valence-corrected chi connectivity index (χ1v) is 8.74. The Kier molecular flexibility index (Phi) is 7.37. The Morgan fingerprint density at radius 3 is 2.18 bits per heavy atom. The molecule has 0 radical (unpaired) electrons. The summed E-state index contributed by atoms with van der Waals surface area (Å²) in [7, 11) is 0. The molecule has 0 spiro atoms. The van der Waals surface area contributed by atoms with Crippen LogP contribution in [0, 0.1) is 21.4 Å². The van der Waals surface area contributed by atoms with Crippen molar-refractivity contribution in [3.05, 3.63) is 46.0 Å². The third kappa shape index (κ3) is 7.27. The molecule has 0 unspecified atom stereocenters. The van der Waals surface area contributed by atoms with Gasteiger partial charge in [-0.2, -0.15) is 31.6 Å². The molecular formula is C19H13F6N3O5. The summed E-state index contributed by atoms with van der Waals surface area (Å²) in [5.41, 5.74) is -2.33. The van der Waals surface area contributed by atoms with Gasteiger partial charge in [-0.05, 0) is 18.2 Å². The Bertz CT molecular complexity index is 1110. The molecule has 0 saturated carbocycles. The quantitative estimate of drug-likeness (QED) is 0.342. The van der Waals surface area contributed by atoms with Gasteiger partial charge < -0.3 is 14.8 Å². The molecule has 0 aliphatic rings. The van der Waals surface area contributed by atoms with Crippen molar-refractivity contribution < 1.29 is 45.5 Å². The monoisotopic (exact) mass is 477 g/mol. The number of nitriles is 1. The van der Waals surface area contributed by atoms with Gasteiger partial charge in [-0.3, -0.25) is 14.9 Å². The number of halogens is 6. The first kappa shape index (κ1) is 25.2. The second-order valence-corrected chi connectivity index (χ2v) is 6.44. The number of benzene rings is 2. The van der Waals surface area contributed by atoms with Crippen LogP contribution < -0.4 is 14.8 Å². The van der Waals surface area contributed by atoms with Gasteiger partial charge in [0.1, 0.15) is 23.1 Å². The van der Waals surface area contributed by atoms with Gasteiger partial charge in [0.15, 0.2) is 13.2 Å². The molecule has 0 aliphatic carbocycles. The molecule has 0 bridgehead atoms. The first-order chi connectivity index (χ1) is 15.2. The Morgan fingerprint density at radius 2 is 1.67 bits per heavy atom. The molecule has 176 valence electrons. The van der Waals surface area contributed by atoms with Crippen LogP contribution in [0.4, 0.5) is 37.7 Å². The highest BCUT2D eigenvalue weighted by molar-refractivity contribution is 5.91. The van der Waals surface area contributed by atoms with Crippen molar-refractivity contribution in [1.29, 1.82) is 5.26 Å². The summed E-state index contributed by atoms with van der Waals surface area (Å²) in [6.45, 7) is -2.57. The average molecular weight is 477 g/mol. The van der Waals surface area contributed by atoms with Gasteiger partial charge in [-0.15, -0.1) is 0 Å². The highest BCUT2D eigenvalue weighted by Crippen LogP contribution is 2.43. The Morgan fingerprint density at radius 1 is 1.06 bits per heavy atom. The summed E-state index contributed by atoms with van der Waals surface area (Å²) < 4.78 is 85.7. The van der Waals surface area contributed by atoms with E-state index in [-0.39, 0.29) is 11.3 Å². The van der Waals surface area contributed by atoms with Crippen molar-refractivity contribution >= 4 is 17.3 Å². The molecule has 2 aromatic carbocycles. The van der Waals surface area contributed by atoms with Crippen LogP contribution >= 0.6 is 0 Å². The van der Waals surface area contributed by atoms with E-state index >= 15 is 0 Å². The number of nitro benzene ring substituents is 1. The summed E-state index contributed by atoms with van der Waals surface area (Å²) in [6, 6.07) is 6.00. The highest BCUT2D eigenvalue weighted by Gasteiger charge is 2.32. The third-order valence-corrected chi connectivity index (χ3v) is 3.77. The second kappa shape index (κ2) is 9.63. The van der Waals surface area contributed by atoms with Crippen molar-refractivity contribution in [2.75, 3.05) is 18.5 Å². The fraction of sp³-hybridized carbons (Fsp3) is 0.263. The number of hydrogen-bond acceptors (Lipinski definition) is 6. The Balaban J connectivity index is 2.78. The number of nitro groups is 1. The number of non-ortho nitro benzene ring substituents is 1. The maximum atomic E-state index is 12.7. The van der Waals surface area contributed by atoms with Crippen LogP contribution in [0.1, 0.15) is 12.5 Å². The van der Waals surface area contributed by atoms with Gasteiger partial charge >= 0.3 is 12.4 Å². The summed E-state index contributed by atoms with van der Waals surface area (Å²) in [5.74, 6) is -1.89. The van der Waals surface area contributed by atoms with E-state index in [4.69, 9.17) is 9.47 Å². The van der Waals surface area contributed by atoms with Gasteiger partial charge in [0, 0.05) is 35.9 Å². The van der Waals surface area contributed by atoms with Crippen molar-refractivity contribution in [3.8, 4) is 28.7 Å². The number of hydrogen-bond donors (Lipinski definition) is 1. The summed E-state index contributed by atoms with van der Waals surface area (Å²) in [5, 5.41) is 22.9. The predicted octanol–water partition coefficient (Wildman–Crippen LogP) is 4.97. The molecule has 0 atom stereocenters. The number of anilines is 1. The van der Waals surface area contributed by atoms with E-state index in [1.807, 2.05) is 0 Å². The standard InChI is InChI=1S/C19H13F6N3O5/c1-10(29)27-12-2-3-16(32-8-18(20,21)22)14(5-12)15-6-13(28(30)31)4-11(7-26)17(15)33-9-19(23,24)25/h2-6H,8-9H2,1H3,(H,27,29). The zero-order chi connectivity index (χ0) is 25.0. The molecule has 14 heteroatoms.